The third-order valence-electron chi connectivity index (χ3n) is 3.20. The number of aromatic nitrogens is 5. The molecule has 3 N–H and O–H groups in total. The first kappa shape index (κ1) is 14.0. The van der Waals surface area contributed by atoms with E-state index >= 15 is 0 Å². The van der Waals surface area contributed by atoms with Gasteiger partial charge in [-0.25, -0.2) is 0 Å². The van der Waals surface area contributed by atoms with Crippen LogP contribution in [0.2, 0.25) is 0 Å². The standard InChI is InChI=1S/C12H19N7O/c1-8-10(9(2)18(3)16-8)4-5-14-12(20)7-19-15-6-11(13)17-19/h6H,4-5,7H2,1-3H3,(H2,13,17)(H,14,20). The fourth-order valence-electron chi connectivity index (χ4n) is 2.08. The monoisotopic (exact) mass is 277 g/mol. The molecule has 1 amide bonds. The van der Waals surface area contributed by atoms with Gasteiger partial charge < -0.3 is 11.1 Å². The van der Waals surface area contributed by atoms with Crippen LogP contribution in [0.15, 0.2) is 6.20 Å². The third-order valence-corrected chi connectivity index (χ3v) is 3.20. The van der Waals surface area contributed by atoms with Crippen LogP contribution in [0.25, 0.3) is 0 Å². The van der Waals surface area contributed by atoms with Crippen molar-refractivity contribution in [2.45, 2.75) is 26.8 Å². The van der Waals surface area contributed by atoms with Crippen molar-refractivity contribution in [3.8, 4) is 0 Å². The Bertz CT molecular complexity index is 613. The Morgan fingerprint density at radius 3 is 2.70 bits per heavy atom. The molecule has 2 aromatic heterocycles. The molecule has 0 unspecified atom stereocenters. The zero-order valence-corrected chi connectivity index (χ0v) is 11.9. The molecule has 108 valence electrons. The summed E-state index contributed by atoms with van der Waals surface area (Å²) < 4.78 is 1.85. The minimum absolute atomic E-state index is 0.0716. The van der Waals surface area contributed by atoms with Crippen molar-refractivity contribution in [2.75, 3.05) is 12.3 Å². The summed E-state index contributed by atoms with van der Waals surface area (Å²) in [6.07, 6.45) is 2.17. The molecule has 0 saturated heterocycles. The van der Waals surface area contributed by atoms with Gasteiger partial charge in [0.05, 0.1) is 11.9 Å². The second-order valence-electron chi connectivity index (χ2n) is 4.67. The lowest BCUT2D eigenvalue weighted by Crippen LogP contribution is -2.30. The first-order valence-corrected chi connectivity index (χ1v) is 6.38. The van der Waals surface area contributed by atoms with Crippen LogP contribution in [0.4, 0.5) is 5.82 Å². The lowest BCUT2D eigenvalue weighted by molar-refractivity contribution is -0.122. The van der Waals surface area contributed by atoms with E-state index in [1.807, 2.05) is 25.6 Å². The maximum absolute atomic E-state index is 11.7. The number of rotatable bonds is 5. The SMILES string of the molecule is Cc1nn(C)c(C)c1CCNC(=O)Cn1ncc(N)n1. The Kier molecular flexibility index (Phi) is 4.02. The van der Waals surface area contributed by atoms with Crippen molar-refractivity contribution >= 4 is 11.7 Å². The Labute approximate surface area is 116 Å². The van der Waals surface area contributed by atoms with Gasteiger partial charge in [-0.2, -0.15) is 15.0 Å². The van der Waals surface area contributed by atoms with Gasteiger partial charge in [-0.05, 0) is 25.8 Å². The molecule has 0 radical (unpaired) electrons. The number of nitrogens with zero attached hydrogens (tertiary/aromatic N) is 5. The van der Waals surface area contributed by atoms with E-state index < -0.39 is 0 Å². The lowest BCUT2D eigenvalue weighted by atomic mass is 10.1. The van der Waals surface area contributed by atoms with Gasteiger partial charge in [0.2, 0.25) is 5.91 Å². The molecule has 2 aromatic rings. The molecule has 0 atom stereocenters. The third kappa shape index (κ3) is 3.14. The predicted octanol–water partition coefficient (Wildman–Crippen LogP) is -0.430. The molecule has 2 rings (SSSR count). The molecule has 0 fully saturated rings. The second kappa shape index (κ2) is 5.72. The molecular formula is C12H19N7O. The molecule has 2 heterocycles. The van der Waals surface area contributed by atoms with Crippen LogP contribution >= 0.6 is 0 Å². The molecule has 0 aliphatic carbocycles. The summed E-state index contributed by atoms with van der Waals surface area (Å²) in [5, 5.41) is 14.9. The van der Waals surface area contributed by atoms with Crippen LogP contribution in [-0.4, -0.2) is 37.2 Å². The second-order valence-corrected chi connectivity index (χ2v) is 4.67. The molecule has 8 nitrogen and oxygen atoms in total. The van der Waals surface area contributed by atoms with Crippen molar-refractivity contribution in [1.29, 1.82) is 0 Å². The number of nitrogens with two attached hydrogens (primary N) is 1. The number of hydrogen-bond acceptors (Lipinski definition) is 5. The first-order chi connectivity index (χ1) is 9.47. The van der Waals surface area contributed by atoms with E-state index in [1.54, 1.807) is 0 Å². The van der Waals surface area contributed by atoms with Gasteiger partial charge in [0.1, 0.15) is 6.54 Å². The number of carbonyl (C=O) groups is 1. The van der Waals surface area contributed by atoms with E-state index in [2.05, 4.69) is 20.6 Å². The minimum atomic E-state index is -0.139. The number of anilines is 1. The summed E-state index contributed by atoms with van der Waals surface area (Å²) in [7, 11) is 1.91. The van der Waals surface area contributed by atoms with Crippen molar-refractivity contribution in [3.05, 3.63) is 23.1 Å². The topological polar surface area (TPSA) is 104 Å². The van der Waals surface area contributed by atoms with Crippen molar-refractivity contribution in [3.63, 3.8) is 0 Å². The normalized spacial score (nSPS) is 10.8. The van der Waals surface area contributed by atoms with Crippen molar-refractivity contribution in [2.24, 2.45) is 7.05 Å². The molecule has 0 aromatic carbocycles. The van der Waals surface area contributed by atoms with Crippen molar-refractivity contribution in [1.82, 2.24) is 30.1 Å². The van der Waals surface area contributed by atoms with Crippen LogP contribution in [0.3, 0.4) is 0 Å². The zero-order chi connectivity index (χ0) is 14.7. The van der Waals surface area contributed by atoms with Crippen LogP contribution in [-0.2, 0) is 24.8 Å². The quantitative estimate of drug-likeness (QED) is 0.771. The molecule has 20 heavy (non-hydrogen) atoms. The van der Waals surface area contributed by atoms with Crippen LogP contribution < -0.4 is 11.1 Å². The van der Waals surface area contributed by atoms with Gasteiger partial charge >= 0.3 is 0 Å². The molecular weight excluding hydrogens is 258 g/mol. The Morgan fingerprint density at radius 1 is 1.40 bits per heavy atom. The van der Waals surface area contributed by atoms with E-state index in [-0.39, 0.29) is 12.5 Å². The Hall–Kier alpha value is -2.38. The summed E-state index contributed by atoms with van der Waals surface area (Å²) >= 11 is 0. The number of nitrogen functional groups attached to an aromatic ring is 1. The molecule has 8 heteroatoms. The summed E-state index contributed by atoms with van der Waals surface area (Å²) in [5.41, 5.74) is 8.73. The van der Waals surface area contributed by atoms with Crippen LogP contribution in [0, 0.1) is 13.8 Å². The fraction of sp³-hybridized carbons (Fsp3) is 0.500. The van der Waals surface area contributed by atoms with E-state index in [4.69, 9.17) is 5.73 Å². The van der Waals surface area contributed by atoms with E-state index in [9.17, 15) is 4.79 Å². The van der Waals surface area contributed by atoms with Crippen LogP contribution in [0.5, 0.6) is 0 Å². The number of nitrogens with one attached hydrogen (secondary N) is 1. The van der Waals surface area contributed by atoms with Gasteiger partial charge in [-0.3, -0.25) is 9.48 Å². The zero-order valence-electron chi connectivity index (χ0n) is 11.9. The highest BCUT2D eigenvalue weighted by atomic mass is 16.2. The predicted molar refractivity (Wildman–Crippen MR) is 73.8 cm³/mol. The van der Waals surface area contributed by atoms with Crippen LogP contribution in [0.1, 0.15) is 17.0 Å². The maximum atomic E-state index is 11.7. The average Bonchev–Trinajstić information content (AvgIpc) is 2.88. The van der Waals surface area contributed by atoms with Crippen molar-refractivity contribution < 1.29 is 4.79 Å². The molecule has 0 spiro atoms. The van der Waals surface area contributed by atoms with Gasteiger partial charge in [-0.15, -0.1) is 5.10 Å². The molecule has 0 saturated carbocycles. The number of aryl methyl sites for hydroxylation is 2. The summed E-state index contributed by atoms with van der Waals surface area (Å²) in [4.78, 5) is 13.0. The largest absolute Gasteiger partial charge is 0.381 e. The molecule has 0 bridgehead atoms. The number of carbonyl (C=O) groups excluding carboxylic acids is 1. The summed E-state index contributed by atoms with van der Waals surface area (Å²) in [5.74, 6) is 0.166. The molecule has 0 aliphatic rings. The highest BCUT2D eigenvalue weighted by Crippen LogP contribution is 2.11. The van der Waals surface area contributed by atoms with E-state index in [0.717, 1.165) is 17.8 Å². The Balaban J connectivity index is 1.82. The van der Waals surface area contributed by atoms with Gasteiger partial charge in [0, 0.05) is 19.3 Å². The molecule has 0 aliphatic heterocycles. The number of amides is 1. The fourth-order valence-corrected chi connectivity index (χ4v) is 2.08. The Morgan fingerprint density at radius 2 is 2.15 bits per heavy atom. The maximum Gasteiger partial charge on any atom is 0.243 e. The minimum Gasteiger partial charge on any atom is -0.381 e. The lowest BCUT2D eigenvalue weighted by Gasteiger charge is -2.05. The van der Waals surface area contributed by atoms with Gasteiger partial charge in [0.25, 0.3) is 0 Å². The van der Waals surface area contributed by atoms with E-state index in [0.29, 0.717) is 12.4 Å². The first-order valence-electron chi connectivity index (χ1n) is 6.38. The van der Waals surface area contributed by atoms with Gasteiger partial charge in [-0.1, -0.05) is 0 Å². The smallest absolute Gasteiger partial charge is 0.243 e. The average molecular weight is 277 g/mol. The summed E-state index contributed by atoms with van der Waals surface area (Å²) in [6, 6.07) is 0. The highest BCUT2D eigenvalue weighted by molar-refractivity contribution is 5.75. The van der Waals surface area contributed by atoms with E-state index in [1.165, 1.54) is 16.6 Å². The summed E-state index contributed by atoms with van der Waals surface area (Å²) in [6.45, 7) is 4.62. The van der Waals surface area contributed by atoms with Gasteiger partial charge in [0.15, 0.2) is 5.82 Å². The number of hydrogen-bond donors (Lipinski definition) is 2. The highest BCUT2D eigenvalue weighted by Gasteiger charge is 2.10.